The van der Waals surface area contributed by atoms with E-state index in [0.717, 1.165) is 6.07 Å². The van der Waals surface area contributed by atoms with Crippen LogP contribution in [0.5, 0.6) is 0 Å². The third kappa shape index (κ3) is 2.42. The summed E-state index contributed by atoms with van der Waals surface area (Å²) in [5.41, 5.74) is -0.308. The van der Waals surface area contributed by atoms with Gasteiger partial charge >= 0.3 is 6.18 Å². The van der Waals surface area contributed by atoms with E-state index in [4.69, 9.17) is 16.9 Å². The standard InChI is InChI=1S/C10H7ClF3N/c1-6-2-8(5-15)7(4-11)3-9(6)10(12,13)14/h2-3H,4H2,1H3. The second-order valence-corrected chi connectivity index (χ2v) is 3.33. The summed E-state index contributed by atoms with van der Waals surface area (Å²) in [7, 11) is 0. The Morgan fingerprint density at radius 2 is 2.00 bits per heavy atom. The molecule has 1 aromatic rings. The Morgan fingerprint density at radius 1 is 1.40 bits per heavy atom. The first-order chi connectivity index (χ1) is 6.90. The molecule has 0 aliphatic carbocycles. The Labute approximate surface area is 90.1 Å². The lowest BCUT2D eigenvalue weighted by Gasteiger charge is -2.12. The van der Waals surface area contributed by atoms with Gasteiger partial charge in [-0.25, -0.2) is 0 Å². The molecule has 80 valence electrons. The Morgan fingerprint density at radius 3 is 2.40 bits per heavy atom. The highest BCUT2D eigenvalue weighted by Crippen LogP contribution is 2.33. The maximum Gasteiger partial charge on any atom is 0.416 e. The molecule has 0 amide bonds. The first kappa shape index (κ1) is 11.9. The first-order valence-electron chi connectivity index (χ1n) is 4.07. The normalized spacial score (nSPS) is 11.2. The largest absolute Gasteiger partial charge is 0.416 e. The van der Waals surface area contributed by atoms with Gasteiger partial charge in [0.2, 0.25) is 0 Å². The van der Waals surface area contributed by atoms with Crippen LogP contribution < -0.4 is 0 Å². The zero-order chi connectivity index (χ0) is 11.6. The molecule has 0 spiro atoms. The number of halogens is 4. The highest BCUT2D eigenvalue weighted by Gasteiger charge is 2.33. The topological polar surface area (TPSA) is 23.8 Å². The van der Waals surface area contributed by atoms with Crippen molar-refractivity contribution in [3.05, 3.63) is 34.4 Å². The van der Waals surface area contributed by atoms with Gasteiger partial charge in [0, 0.05) is 5.88 Å². The predicted octanol–water partition coefficient (Wildman–Crippen LogP) is 3.62. The fraction of sp³-hybridized carbons (Fsp3) is 0.300. The van der Waals surface area contributed by atoms with E-state index in [1.54, 1.807) is 0 Å². The van der Waals surface area contributed by atoms with E-state index in [1.807, 2.05) is 6.07 Å². The van der Waals surface area contributed by atoms with Gasteiger partial charge in [0.15, 0.2) is 0 Å². The van der Waals surface area contributed by atoms with Gasteiger partial charge in [-0.3, -0.25) is 0 Å². The molecule has 0 radical (unpaired) electrons. The molecule has 1 nitrogen and oxygen atoms in total. The van der Waals surface area contributed by atoms with Gasteiger partial charge in [0.25, 0.3) is 0 Å². The highest BCUT2D eigenvalue weighted by molar-refractivity contribution is 6.17. The van der Waals surface area contributed by atoms with E-state index in [1.165, 1.54) is 13.0 Å². The van der Waals surface area contributed by atoms with Gasteiger partial charge in [-0.2, -0.15) is 18.4 Å². The molecule has 0 aliphatic rings. The van der Waals surface area contributed by atoms with Crippen LogP contribution in [0.15, 0.2) is 12.1 Å². The van der Waals surface area contributed by atoms with E-state index in [0.29, 0.717) is 0 Å². The van der Waals surface area contributed by atoms with E-state index < -0.39 is 11.7 Å². The van der Waals surface area contributed by atoms with Gasteiger partial charge in [0.05, 0.1) is 17.2 Å². The number of nitrogens with zero attached hydrogens (tertiary/aromatic N) is 1. The Hall–Kier alpha value is -1.21. The summed E-state index contributed by atoms with van der Waals surface area (Å²) in [4.78, 5) is 0. The van der Waals surface area contributed by atoms with Crippen molar-refractivity contribution in [3.63, 3.8) is 0 Å². The van der Waals surface area contributed by atoms with Crippen LogP contribution in [-0.4, -0.2) is 0 Å². The molecule has 15 heavy (non-hydrogen) atoms. The van der Waals surface area contributed by atoms with Crippen molar-refractivity contribution in [2.75, 3.05) is 0 Å². The van der Waals surface area contributed by atoms with E-state index in [9.17, 15) is 13.2 Å². The van der Waals surface area contributed by atoms with Crippen LogP contribution in [0.4, 0.5) is 13.2 Å². The maximum atomic E-state index is 12.5. The van der Waals surface area contributed by atoms with Crippen molar-refractivity contribution >= 4 is 11.6 Å². The lowest BCUT2D eigenvalue weighted by molar-refractivity contribution is -0.138. The van der Waals surface area contributed by atoms with Crippen molar-refractivity contribution in [2.24, 2.45) is 0 Å². The lowest BCUT2D eigenvalue weighted by atomic mass is 10.0. The van der Waals surface area contributed by atoms with Gasteiger partial charge < -0.3 is 0 Å². The number of benzene rings is 1. The van der Waals surface area contributed by atoms with Gasteiger partial charge in [0.1, 0.15) is 0 Å². The van der Waals surface area contributed by atoms with Crippen molar-refractivity contribution in [1.29, 1.82) is 5.26 Å². The summed E-state index contributed by atoms with van der Waals surface area (Å²) >= 11 is 5.47. The van der Waals surface area contributed by atoms with Crippen molar-refractivity contribution in [1.82, 2.24) is 0 Å². The van der Waals surface area contributed by atoms with Crippen LogP contribution in [0.25, 0.3) is 0 Å². The molecule has 1 rings (SSSR count). The Bertz CT molecular complexity index is 418. The number of aryl methyl sites for hydroxylation is 1. The second-order valence-electron chi connectivity index (χ2n) is 3.07. The number of hydrogen-bond donors (Lipinski definition) is 0. The van der Waals surface area contributed by atoms with E-state index in [2.05, 4.69) is 0 Å². The zero-order valence-electron chi connectivity index (χ0n) is 7.82. The van der Waals surface area contributed by atoms with Crippen LogP contribution in [0, 0.1) is 18.3 Å². The number of nitriles is 1. The van der Waals surface area contributed by atoms with Crippen LogP contribution in [0.1, 0.15) is 22.3 Å². The minimum Gasteiger partial charge on any atom is -0.192 e. The van der Waals surface area contributed by atoms with Gasteiger partial charge in [-0.05, 0) is 30.2 Å². The van der Waals surface area contributed by atoms with E-state index >= 15 is 0 Å². The van der Waals surface area contributed by atoms with Crippen LogP contribution in [-0.2, 0) is 12.1 Å². The molecule has 0 aliphatic heterocycles. The average Bonchev–Trinajstić information content (AvgIpc) is 2.15. The monoisotopic (exact) mass is 233 g/mol. The third-order valence-corrected chi connectivity index (χ3v) is 2.31. The molecule has 0 atom stereocenters. The van der Waals surface area contributed by atoms with Crippen LogP contribution >= 0.6 is 11.6 Å². The fourth-order valence-corrected chi connectivity index (χ4v) is 1.49. The molecule has 0 fully saturated rings. The predicted molar refractivity (Wildman–Crippen MR) is 50.5 cm³/mol. The molecular weight excluding hydrogens is 227 g/mol. The Balaban J connectivity index is 3.41. The van der Waals surface area contributed by atoms with E-state index in [-0.39, 0.29) is 22.6 Å². The summed E-state index contributed by atoms with van der Waals surface area (Å²) in [5, 5.41) is 8.68. The maximum absolute atomic E-state index is 12.5. The highest BCUT2D eigenvalue weighted by atomic mass is 35.5. The molecule has 0 saturated heterocycles. The van der Waals surface area contributed by atoms with Crippen LogP contribution in [0.2, 0.25) is 0 Å². The van der Waals surface area contributed by atoms with Crippen LogP contribution in [0.3, 0.4) is 0 Å². The Kier molecular flexibility index (Phi) is 3.25. The molecule has 0 heterocycles. The van der Waals surface area contributed by atoms with Crippen molar-refractivity contribution in [3.8, 4) is 6.07 Å². The third-order valence-electron chi connectivity index (χ3n) is 2.02. The van der Waals surface area contributed by atoms with Crippen molar-refractivity contribution < 1.29 is 13.2 Å². The molecule has 1 aromatic carbocycles. The quantitative estimate of drug-likeness (QED) is 0.680. The summed E-state index contributed by atoms with van der Waals surface area (Å²) in [6, 6.07) is 3.95. The number of hydrogen-bond acceptors (Lipinski definition) is 1. The summed E-state index contributed by atoms with van der Waals surface area (Å²) < 4.78 is 37.4. The minimum absolute atomic E-state index is 0.0351. The fourth-order valence-electron chi connectivity index (χ4n) is 1.27. The SMILES string of the molecule is Cc1cc(C#N)c(CCl)cc1C(F)(F)F. The molecule has 5 heteroatoms. The lowest BCUT2D eigenvalue weighted by Crippen LogP contribution is -2.09. The molecule has 0 unspecified atom stereocenters. The summed E-state index contributed by atoms with van der Waals surface area (Å²) in [5.74, 6) is -0.105. The molecule has 0 saturated carbocycles. The van der Waals surface area contributed by atoms with Crippen molar-refractivity contribution in [2.45, 2.75) is 19.0 Å². The summed E-state index contributed by atoms with van der Waals surface area (Å²) in [6.45, 7) is 1.32. The van der Waals surface area contributed by atoms with Gasteiger partial charge in [-0.15, -0.1) is 11.6 Å². The first-order valence-corrected chi connectivity index (χ1v) is 4.60. The number of rotatable bonds is 1. The molecule has 0 bridgehead atoms. The molecule has 0 N–H and O–H groups in total. The number of alkyl halides is 4. The minimum atomic E-state index is -4.40. The van der Waals surface area contributed by atoms with Gasteiger partial charge in [-0.1, -0.05) is 0 Å². The molecule has 0 aromatic heterocycles. The average molecular weight is 234 g/mol. The smallest absolute Gasteiger partial charge is 0.192 e. The molecular formula is C10H7ClF3N. The zero-order valence-corrected chi connectivity index (χ0v) is 8.58. The summed E-state index contributed by atoms with van der Waals surface area (Å²) in [6.07, 6.45) is -4.40. The second kappa shape index (κ2) is 4.11.